The fraction of sp³-hybridized carbons (Fsp3) is 0.650. The maximum Gasteiger partial charge on any atom is 0.191 e. The molecule has 0 amide bonds. The summed E-state index contributed by atoms with van der Waals surface area (Å²) in [7, 11) is 1.74. The number of morpholine rings is 1. The van der Waals surface area contributed by atoms with E-state index < -0.39 is 11.6 Å². The zero-order chi connectivity index (χ0) is 19.9. The molecule has 0 saturated carbocycles. The second-order valence-electron chi connectivity index (χ2n) is 7.62. The van der Waals surface area contributed by atoms with Crippen LogP contribution in [0.1, 0.15) is 13.3 Å². The Bertz CT molecular complexity index is 652. The van der Waals surface area contributed by atoms with E-state index in [9.17, 15) is 8.78 Å². The summed E-state index contributed by atoms with van der Waals surface area (Å²) in [5, 5.41) is 6.76. The molecule has 2 heterocycles. The fourth-order valence-corrected chi connectivity index (χ4v) is 3.82. The van der Waals surface area contributed by atoms with Gasteiger partial charge in [0, 0.05) is 52.4 Å². The summed E-state index contributed by atoms with van der Waals surface area (Å²) < 4.78 is 33.4. The van der Waals surface area contributed by atoms with E-state index in [1.165, 1.54) is 18.2 Å². The number of nitrogens with one attached hydrogen (secondary N) is 2. The van der Waals surface area contributed by atoms with Gasteiger partial charge in [-0.25, -0.2) is 8.78 Å². The van der Waals surface area contributed by atoms with Crippen LogP contribution >= 0.6 is 24.0 Å². The van der Waals surface area contributed by atoms with Crippen molar-refractivity contribution < 1.29 is 13.5 Å². The van der Waals surface area contributed by atoms with Gasteiger partial charge in [-0.1, -0.05) is 13.0 Å². The largest absolute Gasteiger partial charge is 0.379 e. The normalized spacial score (nSPS) is 21.6. The molecule has 3 rings (SSSR count). The topological polar surface area (TPSA) is 52.1 Å². The van der Waals surface area contributed by atoms with E-state index in [1.54, 1.807) is 11.9 Å². The van der Waals surface area contributed by atoms with Crippen LogP contribution in [0.5, 0.6) is 0 Å². The zero-order valence-electron chi connectivity index (χ0n) is 17.2. The van der Waals surface area contributed by atoms with E-state index in [1.807, 2.05) is 0 Å². The molecule has 0 aromatic heterocycles. The van der Waals surface area contributed by atoms with Gasteiger partial charge in [-0.2, -0.15) is 0 Å². The Labute approximate surface area is 189 Å². The minimum atomic E-state index is -0.514. The number of rotatable bonds is 6. The minimum absolute atomic E-state index is 0. The molecule has 2 aliphatic heterocycles. The smallest absolute Gasteiger partial charge is 0.191 e. The van der Waals surface area contributed by atoms with Crippen molar-refractivity contribution in [1.82, 2.24) is 15.5 Å². The Morgan fingerprint density at radius 2 is 1.93 bits per heavy atom. The molecule has 2 fully saturated rings. The van der Waals surface area contributed by atoms with E-state index >= 15 is 0 Å². The van der Waals surface area contributed by atoms with Gasteiger partial charge in [0.05, 0.1) is 13.2 Å². The van der Waals surface area contributed by atoms with Gasteiger partial charge < -0.3 is 20.3 Å². The van der Waals surface area contributed by atoms with Crippen LogP contribution in [-0.2, 0) is 4.74 Å². The number of aliphatic imine (C=N–C) groups is 1. The highest BCUT2D eigenvalue weighted by atomic mass is 127. The Hall–Kier alpha value is -1.20. The van der Waals surface area contributed by atoms with Gasteiger partial charge in [-0.05, 0) is 24.5 Å². The monoisotopic (exact) mass is 523 g/mol. The molecule has 6 nitrogen and oxygen atoms in total. The quantitative estimate of drug-likeness (QED) is 0.341. The molecule has 0 bridgehead atoms. The molecule has 2 N–H and O–H groups in total. The third-order valence-corrected chi connectivity index (χ3v) is 5.30. The van der Waals surface area contributed by atoms with Gasteiger partial charge in [-0.15, -0.1) is 24.0 Å². The summed E-state index contributed by atoms with van der Waals surface area (Å²) in [6.45, 7) is 8.81. The predicted octanol–water partition coefficient (Wildman–Crippen LogP) is 2.29. The Kier molecular flexibility index (Phi) is 9.84. The van der Waals surface area contributed by atoms with Crippen molar-refractivity contribution in [2.45, 2.75) is 19.4 Å². The molecule has 0 radical (unpaired) electrons. The summed E-state index contributed by atoms with van der Waals surface area (Å²) in [5.74, 6) is 0.180. The first-order valence-corrected chi connectivity index (χ1v) is 10.0. The second kappa shape index (κ2) is 11.8. The average molecular weight is 523 g/mol. The number of guanidine groups is 1. The molecule has 2 unspecified atom stereocenters. The van der Waals surface area contributed by atoms with Crippen molar-refractivity contribution in [3.8, 4) is 0 Å². The van der Waals surface area contributed by atoms with Crippen LogP contribution in [0, 0.1) is 17.6 Å². The molecule has 2 atom stereocenters. The van der Waals surface area contributed by atoms with Crippen LogP contribution < -0.4 is 15.5 Å². The molecule has 2 aliphatic rings. The van der Waals surface area contributed by atoms with Crippen molar-refractivity contribution in [1.29, 1.82) is 0 Å². The Balaban J connectivity index is 0.00000300. The maximum absolute atomic E-state index is 14.0. The molecule has 1 aromatic rings. The van der Waals surface area contributed by atoms with Crippen molar-refractivity contribution in [3.05, 3.63) is 29.8 Å². The Morgan fingerprint density at radius 3 is 2.59 bits per heavy atom. The summed E-state index contributed by atoms with van der Waals surface area (Å²) in [6, 6.07) is 4.09. The maximum atomic E-state index is 14.0. The predicted molar refractivity (Wildman–Crippen MR) is 123 cm³/mol. The highest BCUT2D eigenvalue weighted by molar-refractivity contribution is 14.0. The molecule has 29 heavy (non-hydrogen) atoms. The van der Waals surface area contributed by atoms with Crippen LogP contribution in [-0.4, -0.2) is 76.4 Å². The summed E-state index contributed by atoms with van der Waals surface area (Å²) in [6.07, 6.45) is 0.803. The summed E-state index contributed by atoms with van der Waals surface area (Å²) in [4.78, 5) is 8.48. The standard InChI is InChI=1S/C20H31F2N5O.HI/c1-15(13-26-8-10-28-11-9-26)12-24-20(23-2)25-16-6-7-27(14-16)19-17(21)4-3-5-18(19)22;/h3-5,15-16H,6-14H2,1-2H3,(H2,23,24,25);1H. The van der Waals surface area contributed by atoms with Crippen LogP contribution in [0.4, 0.5) is 14.5 Å². The lowest BCUT2D eigenvalue weighted by molar-refractivity contribution is 0.0320. The molecular formula is C20H32F2IN5O. The van der Waals surface area contributed by atoms with Crippen LogP contribution in [0.3, 0.4) is 0 Å². The number of para-hydroxylation sites is 1. The molecule has 9 heteroatoms. The molecule has 0 spiro atoms. The fourth-order valence-electron chi connectivity index (χ4n) is 3.82. The molecule has 1 aromatic carbocycles. The third-order valence-electron chi connectivity index (χ3n) is 5.30. The first kappa shape index (κ1) is 24.1. The summed E-state index contributed by atoms with van der Waals surface area (Å²) >= 11 is 0. The average Bonchev–Trinajstić information content (AvgIpc) is 3.14. The van der Waals surface area contributed by atoms with E-state index in [0.29, 0.717) is 19.0 Å². The van der Waals surface area contributed by atoms with Gasteiger partial charge >= 0.3 is 0 Å². The van der Waals surface area contributed by atoms with Crippen molar-refractivity contribution in [2.24, 2.45) is 10.9 Å². The van der Waals surface area contributed by atoms with Crippen molar-refractivity contribution in [3.63, 3.8) is 0 Å². The van der Waals surface area contributed by atoms with Crippen LogP contribution in [0.2, 0.25) is 0 Å². The zero-order valence-corrected chi connectivity index (χ0v) is 19.5. The number of halogens is 3. The van der Waals surface area contributed by atoms with Crippen molar-refractivity contribution >= 4 is 35.6 Å². The lowest BCUT2D eigenvalue weighted by Crippen LogP contribution is -2.47. The lowest BCUT2D eigenvalue weighted by atomic mass is 10.1. The molecule has 164 valence electrons. The van der Waals surface area contributed by atoms with Gasteiger partial charge in [0.15, 0.2) is 5.96 Å². The number of ether oxygens (including phenoxy) is 1. The SMILES string of the molecule is CN=C(NCC(C)CN1CCOCC1)NC1CCN(c2c(F)cccc2F)C1.I. The number of nitrogens with zero attached hydrogens (tertiary/aromatic N) is 3. The highest BCUT2D eigenvalue weighted by Crippen LogP contribution is 2.26. The van der Waals surface area contributed by atoms with E-state index in [-0.39, 0.29) is 35.7 Å². The van der Waals surface area contributed by atoms with Gasteiger partial charge in [0.25, 0.3) is 0 Å². The number of benzene rings is 1. The number of hydrogen-bond donors (Lipinski definition) is 2. The molecular weight excluding hydrogens is 491 g/mol. The van der Waals surface area contributed by atoms with Gasteiger partial charge in [0.2, 0.25) is 0 Å². The summed E-state index contributed by atoms with van der Waals surface area (Å²) in [5.41, 5.74) is 0.0638. The minimum Gasteiger partial charge on any atom is -0.379 e. The second-order valence-corrected chi connectivity index (χ2v) is 7.62. The first-order chi connectivity index (χ1) is 13.6. The van der Waals surface area contributed by atoms with E-state index in [2.05, 4.69) is 27.4 Å². The highest BCUT2D eigenvalue weighted by Gasteiger charge is 2.27. The number of hydrogen-bond acceptors (Lipinski definition) is 4. The van der Waals surface area contributed by atoms with Gasteiger partial charge in [-0.3, -0.25) is 9.89 Å². The van der Waals surface area contributed by atoms with Crippen LogP contribution in [0.15, 0.2) is 23.2 Å². The molecule has 2 saturated heterocycles. The molecule has 0 aliphatic carbocycles. The number of anilines is 1. The van der Waals surface area contributed by atoms with E-state index in [0.717, 1.165) is 51.8 Å². The van der Waals surface area contributed by atoms with Crippen LogP contribution in [0.25, 0.3) is 0 Å². The first-order valence-electron chi connectivity index (χ1n) is 10.0. The van der Waals surface area contributed by atoms with Crippen molar-refractivity contribution in [2.75, 3.05) is 64.4 Å². The lowest BCUT2D eigenvalue weighted by Gasteiger charge is -2.29. The Morgan fingerprint density at radius 1 is 1.24 bits per heavy atom. The third kappa shape index (κ3) is 6.92. The van der Waals surface area contributed by atoms with Gasteiger partial charge in [0.1, 0.15) is 17.3 Å². The van der Waals surface area contributed by atoms with E-state index in [4.69, 9.17) is 4.74 Å².